The lowest BCUT2D eigenvalue weighted by atomic mass is 9.81. The smallest absolute Gasteiger partial charge is 0.257 e. The quantitative estimate of drug-likeness (QED) is 0.0256. The van der Waals surface area contributed by atoms with E-state index in [1.54, 1.807) is 57.2 Å². The van der Waals surface area contributed by atoms with E-state index in [1.165, 1.54) is 22.8 Å². The molecule has 3 aliphatic heterocycles. The van der Waals surface area contributed by atoms with Gasteiger partial charge in [0, 0.05) is 59.7 Å². The van der Waals surface area contributed by atoms with Crippen molar-refractivity contribution in [3.05, 3.63) is 110 Å². The van der Waals surface area contributed by atoms with Gasteiger partial charge in [0.05, 0.1) is 68.3 Å². The van der Waals surface area contributed by atoms with Crippen molar-refractivity contribution in [2.75, 3.05) is 32.9 Å². The van der Waals surface area contributed by atoms with Gasteiger partial charge >= 0.3 is 0 Å². The van der Waals surface area contributed by atoms with Gasteiger partial charge in [0.15, 0.2) is 6.29 Å². The van der Waals surface area contributed by atoms with Gasteiger partial charge in [0.25, 0.3) is 17.4 Å². The summed E-state index contributed by atoms with van der Waals surface area (Å²) in [6.45, 7) is 3.42. The summed E-state index contributed by atoms with van der Waals surface area (Å²) in [7, 11) is 0. The lowest BCUT2D eigenvalue weighted by molar-refractivity contribution is -0.236. The third-order valence-electron chi connectivity index (χ3n) is 14.4. The predicted molar refractivity (Wildman–Crippen MR) is 273 cm³/mol. The number of aromatic nitrogens is 2. The maximum Gasteiger partial charge on any atom is 0.257 e. The molecule has 408 valence electrons. The molecule has 22 nitrogen and oxygen atoms in total. The Labute approximate surface area is 441 Å². The number of amides is 8. The van der Waals surface area contributed by atoms with E-state index in [4.69, 9.17) is 14.5 Å². The van der Waals surface area contributed by atoms with Crippen LogP contribution >= 0.6 is 0 Å². The third kappa shape index (κ3) is 12.4. The molecule has 2 aromatic heterocycles. The number of halogens is 1. The number of pyridine rings is 2. The van der Waals surface area contributed by atoms with Gasteiger partial charge < -0.3 is 56.2 Å². The standard InChI is InChI=1S/C54H62FN9O13/c1-4-54(75)35-21-40-50-33(26-64(40)52(73)34(35)27-76-53(54)74)49-37(15-14-32-30(3)36(55)22-38(62-50)48(32)49)60-42(66)19-29(2)77-28-59-44(68)24-58-51(72)39(20-31-11-7-5-8-12-31)61-45(69)25-57-43(67)23-56-41(65)13-9-6-10-18-63-46(70)16-17-47(63)71/h5,7-8,11-12,16-17,21-22,29,37,39,53,74-75H,4,6,9-10,13-15,18-20,23-28H2,1-3H3,(H,56,65)(H,57,67)(H,58,72)(H,59,68)(H,60,66)(H,61,69)/t29-,37+,39+,53?,54+/m1/s1. The molecule has 23 heteroatoms. The topological polar surface area (TPSA) is 306 Å². The van der Waals surface area contributed by atoms with E-state index < -0.39 is 90.6 Å². The van der Waals surface area contributed by atoms with Crippen LogP contribution in [-0.4, -0.2) is 123 Å². The number of benzene rings is 2. The van der Waals surface area contributed by atoms with Crippen LogP contribution in [0.25, 0.3) is 22.3 Å². The van der Waals surface area contributed by atoms with Crippen molar-refractivity contribution in [2.24, 2.45) is 0 Å². The summed E-state index contributed by atoms with van der Waals surface area (Å²) < 4.78 is 28.1. The molecular formula is C54H62FN9O13. The molecule has 1 unspecified atom stereocenters. The molecule has 0 saturated heterocycles. The zero-order valence-corrected chi connectivity index (χ0v) is 42.9. The van der Waals surface area contributed by atoms with Crippen LogP contribution in [-0.2, 0) is 79.4 Å². The first-order valence-corrected chi connectivity index (χ1v) is 25.7. The van der Waals surface area contributed by atoms with Crippen LogP contribution in [0.3, 0.4) is 0 Å². The average Bonchev–Trinajstić information content (AvgIpc) is 4.18. The Kier molecular flexibility index (Phi) is 17.4. The number of rotatable bonds is 23. The second-order valence-electron chi connectivity index (χ2n) is 19.6. The molecule has 0 saturated carbocycles. The number of nitrogens with one attached hydrogen (secondary N) is 6. The number of hydrogen-bond acceptors (Lipinski definition) is 14. The molecule has 4 aliphatic rings. The number of aliphatic hydroxyl groups excluding tert-OH is 1. The number of imide groups is 1. The summed E-state index contributed by atoms with van der Waals surface area (Å²) in [5.41, 5.74) is 2.61. The van der Waals surface area contributed by atoms with E-state index in [1.807, 2.05) is 0 Å². The highest BCUT2D eigenvalue weighted by Gasteiger charge is 2.45. The molecule has 8 N–H and O–H groups in total. The Morgan fingerprint density at radius 3 is 2.32 bits per heavy atom. The molecule has 5 atom stereocenters. The predicted octanol–water partition coefficient (Wildman–Crippen LogP) is 0.853. The number of nitrogens with zero attached hydrogens (tertiary/aromatic N) is 3. The lowest BCUT2D eigenvalue weighted by Crippen LogP contribution is -2.52. The maximum absolute atomic E-state index is 15.4. The average molecular weight is 1060 g/mol. The number of aliphatic hydroxyl groups is 2. The van der Waals surface area contributed by atoms with E-state index in [2.05, 4.69) is 31.9 Å². The molecule has 0 bridgehead atoms. The van der Waals surface area contributed by atoms with Crippen LogP contribution in [0.5, 0.6) is 0 Å². The van der Waals surface area contributed by atoms with Gasteiger partial charge in [0.1, 0.15) is 24.2 Å². The maximum atomic E-state index is 15.4. The minimum Gasteiger partial charge on any atom is -0.380 e. The molecular weight excluding hydrogens is 1000 g/mol. The molecule has 0 spiro atoms. The van der Waals surface area contributed by atoms with Gasteiger partial charge in [0.2, 0.25) is 35.4 Å². The highest BCUT2D eigenvalue weighted by molar-refractivity contribution is 6.12. The first-order valence-electron chi connectivity index (χ1n) is 25.7. The molecule has 8 rings (SSSR count). The lowest BCUT2D eigenvalue weighted by Gasteiger charge is -2.37. The van der Waals surface area contributed by atoms with E-state index in [0.29, 0.717) is 76.6 Å². The zero-order valence-electron chi connectivity index (χ0n) is 42.9. The van der Waals surface area contributed by atoms with Gasteiger partial charge in [-0.25, -0.2) is 9.37 Å². The normalized spacial score (nSPS) is 18.7. The van der Waals surface area contributed by atoms with Crippen molar-refractivity contribution in [3.63, 3.8) is 0 Å². The van der Waals surface area contributed by atoms with Crippen LogP contribution < -0.4 is 37.5 Å². The summed E-state index contributed by atoms with van der Waals surface area (Å²) in [6, 6.07) is 10.1. The van der Waals surface area contributed by atoms with Gasteiger partial charge in [-0.3, -0.25) is 48.1 Å². The molecule has 5 heterocycles. The van der Waals surface area contributed by atoms with Crippen LogP contribution in [0.15, 0.2) is 59.4 Å². The summed E-state index contributed by atoms with van der Waals surface area (Å²) in [5.74, 6) is -4.63. The first kappa shape index (κ1) is 55.5. The van der Waals surface area contributed by atoms with Crippen LogP contribution in [0.1, 0.15) is 104 Å². The van der Waals surface area contributed by atoms with Crippen molar-refractivity contribution >= 4 is 58.2 Å². The third-order valence-corrected chi connectivity index (χ3v) is 14.4. The fourth-order valence-electron chi connectivity index (χ4n) is 10.2. The second-order valence-corrected chi connectivity index (χ2v) is 19.6. The summed E-state index contributed by atoms with van der Waals surface area (Å²) in [6.07, 6.45) is 2.66. The van der Waals surface area contributed by atoms with E-state index >= 15 is 4.39 Å². The number of carbonyl (C=O) groups is 8. The van der Waals surface area contributed by atoms with Crippen molar-refractivity contribution in [2.45, 2.75) is 122 Å². The zero-order chi connectivity index (χ0) is 55.1. The number of fused-ring (bicyclic) bond motifs is 5. The molecule has 2 aromatic carbocycles. The Balaban J connectivity index is 0.800. The van der Waals surface area contributed by atoms with Crippen molar-refractivity contribution < 1.29 is 62.4 Å². The molecule has 8 amide bonds. The number of aryl methyl sites for hydroxylation is 1. The van der Waals surface area contributed by atoms with E-state index in [-0.39, 0.29) is 81.0 Å². The number of unbranched alkanes of at least 4 members (excludes halogenated alkanes) is 2. The summed E-state index contributed by atoms with van der Waals surface area (Å²) in [5, 5.41) is 38.4. The van der Waals surface area contributed by atoms with Gasteiger partial charge in [-0.05, 0) is 74.3 Å². The van der Waals surface area contributed by atoms with Crippen molar-refractivity contribution in [3.8, 4) is 11.4 Å². The highest BCUT2D eigenvalue weighted by Crippen LogP contribution is 2.46. The SMILES string of the molecule is CC[C@]1(O)c2cc3n(c(=O)c2COC1O)Cc1c-3nc2cc(F)c(C)c3c2c1[C@@H](NC(=O)C[C@@H](C)OCNC(=O)CNC(=O)[C@H](Cc1ccccc1)NC(=O)CNC(=O)CNC(=O)CCCCCN1C(=O)C=CC1=O)CC3. The fourth-order valence-corrected chi connectivity index (χ4v) is 10.2. The minimum absolute atomic E-state index is 0.0511. The van der Waals surface area contributed by atoms with E-state index in [9.17, 15) is 53.4 Å². The van der Waals surface area contributed by atoms with Crippen LogP contribution in [0.2, 0.25) is 0 Å². The molecule has 0 fully saturated rings. The van der Waals surface area contributed by atoms with Crippen LogP contribution in [0.4, 0.5) is 4.39 Å². The van der Waals surface area contributed by atoms with E-state index in [0.717, 1.165) is 10.5 Å². The van der Waals surface area contributed by atoms with Crippen molar-refractivity contribution in [1.82, 2.24) is 46.4 Å². The number of ether oxygens (including phenoxy) is 2. The molecule has 77 heavy (non-hydrogen) atoms. The fraction of sp³-hybridized carbons (Fsp3) is 0.444. The monoisotopic (exact) mass is 1060 g/mol. The van der Waals surface area contributed by atoms with Gasteiger partial charge in [-0.2, -0.15) is 0 Å². The van der Waals surface area contributed by atoms with Crippen LogP contribution in [0, 0.1) is 12.7 Å². The first-order chi connectivity index (χ1) is 36.9. The van der Waals surface area contributed by atoms with Crippen molar-refractivity contribution in [1.29, 1.82) is 0 Å². The molecule has 1 aliphatic carbocycles. The molecule has 4 aromatic rings. The molecule has 0 radical (unpaired) electrons. The number of hydrogen-bond donors (Lipinski definition) is 8. The Hall–Kier alpha value is -7.73. The summed E-state index contributed by atoms with van der Waals surface area (Å²) in [4.78, 5) is 121. The second kappa shape index (κ2) is 24.1. The Bertz CT molecular complexity index is 3090. The highest BCUT2D eigenvalue weighted by atomic mass is 19.1. The Morgan fingerprint density at radius 2 is 1.58 bits per heavy atom. The minimum atomic E-state index is -1.85. The van der Waals surface area contributed by atoms with Gasteiger partial charge in [-0.1, -0.05) is 43.7 Å². The Morgan fingerprint density at radius 1 is 0.883 bits per heavy atom. The van der Waals surface area contributed by atoms with Gasteiger partial charge in [-0.15, -0.1) is 0 Å². The largest absolute Gasteiger partial charge is 0.380 e. The summed E-state index contributed by atoms with van der Waals surface area (Å²) >= 11 is 0. The number of carbonyl (C=O) groups excluding carboxylic acids is 8.